The average molecular weight is 933 g/mol. The molecule has 0 amide bonds. The van der Waals surface area contributed by atoms with Gasteiger partial charge in [-0.1, -0.05) is 247 Å². The molecule has 0 spiro atoms. The highest BCUT2D eigenvalue weighted by molar-refractivity contribution is 5.71. The molecule has 67 heavy (non-hydrogen) atoms. The zero-order valence-corrected chi connectivity index (χ0v) is 43.9. The van der Waals surface area contributed by atoms with Gasteiger partial charge in [-0.25, -0.2) is 0 Å². The summed E-state index contributed by atoms with van der Waals surface area (Å²) in [7, 11) is 0. The maximum Gasteiger partial charge on any atom is 0.306 e. The molecule has 0 saturated heterocycles. The zero-order chi connectivity index (χ0) is 48.6. The molecule has 6 heteroatoms. The van der Waals surface area contributed by atoms with E-state index in [-0.39, 0.29) is 37.5 Å². The van der Waals surface area contributed by atoms with Crippen LogP contribution in [-0.2, 0) is 28.6 Å². The highest BCUT2D eigenvalue weighted by Crippen LogP contribution is 2.16. The fraction of sp³-hybridized carbons (Fsp3) is 0.721. The summed E-state index contributed by atoms with van der Waals surface area (Å²) in [5, 5.41) is 0. The number of ether oxygens (including phenoxy) is 3. The van der Waals surface area contributed by atoms with Crippen molar-refractivity contribution in [2.75, 3.05) is 13.2 Å². The van der Waals surface area contributed by atoms with Crippen molar-refractivity contribution in [3.63, 3.8) is 0 Å². The van der Waals surface area contributed by atoms with Crippen LogP contribution in [0.15, 0.2) is 85.1 Å². The molecule has 6 nitrogen and oxygen atoms in total. The highest BCUT2D eigenvalue weighted by atomic mass is 16.6. The Kier molecular flexibility index (Phi) is 52.4. The predicted molar refractivity (Wildman–Crippen MR) is 288 cm³/mol. The lowest BCUT2D eigenvalue weighted by Crippen LogP contribution is -2.30. The number of allylic oxidation sites excluding steroid dienone is 14. The van der Waals surface area contributed by atoms with Gasteiger partial charge in [0.25, 0.3) is 0 Å². The Morgan fingerprint density at radius 3 is 1.07 bits per heavy atom. The molecule has 0 fully saturated rings. The zero-order valence-electron chi connectivity index (χ0n) is 43.9. The van der Waals surface area contributed by atoms with Crippen molar-refractivity contribution in [2.45, 2.75) is 271 Å². The SMILES string of the molecule is CC/C=C\C/C=C\C/C=C\C/C=C\C/C=C\CCCC(=O)OCC(COC(=O)CCCCCCCC/C=C\C=C/CCCCC)OC(=O)CCCCCCCCCCCCCCCCCCC. The van der Waals surface area contributed by atoms with Crippen LogP contribution in [0.5, 0.6) is 0 Å². The van der Waals surface area contributed by atoms with Crippen molar-refractivity contribution >= 4 is 17.9 Å². The van der Waals surface area contributed by atoms with Crippen molar-refractivity contribution in [3.8, 4) is 0 Å². The summed E-state index contributed by atoms with van der Waals surface area (Å²) in [6, 6.07) is 0. The lowest BCUT2D eigenvalue weighted by Gasteiger charge is -2.18. The van der Waals surface area contributed by atoms with Crippen molar-refractivity contribution in [3.05, 3.63) is 85.1 Å². The van der Waals surface area contributed by atoms with Gasteiger partial charge in [-0.05, 0) is 83.5 Å². The lowest BCUT2D eigenvalue weighted by atomic mass is 10.0. The maximum absolute atomic E-state index is 12.8. The van der Waals surface area contributed by atoms with Crippen LogP contribution in [-0.4, -0.2) is 37.2 Å². The van der Waals surface area contributed by atoms with Gasteiger partial charge in [0.1, 0.15) is 13.2 Å². The summed E-state index contributed by atoms with van der Waals surface area (Å²) in [6.45, 7) is 6.45. The minimum Gasteiger partial charge on any atom is -0.462 e. The highest BCUT2D eigenvalue weighted by Gasteiger charge is 2.19. The van der Waals surface area contributed by atoms with E-state index in [9.17, 15) is 14.4 Å². The fourth-order valence-corrected chi connectivity index (χ4v) is 7.70. The van der Waals surface area contributed by atoms with Gasteiger partial charge in [-0.3, -0.25) is 14.4 Å². The predicted octanol–water partition coefficient (Wildman–Crippen LogP) is 18.8. The Hall–Kier alpha value is -3.41. The second kappa shape index (κ2) is 55.2. The van der Waals surface area contributed by atoms with Crippen molar-refractivity contribution in [2.24, 2.45) is 0 Å². The summed E-state index contributed by atoms with van der Waals surface area (Å²) in [6.07, 6.45) is 71.4. The molecule has 0 aromatic heterocycles. The van der Waals surface area contributed by atoms with Crippen LogP contribution >= 0.6 is 0 Å². The standard InChI is InChI=1S/C61H104O6/c1-4-7-10-13-16-19-22-25-28-30-33-36-39-42-45-48-51-54-60(63)66-57-58(56-65-59(62)53-50-47-44-41-38-35-32-27-24-21-18-15-12-9-6-3)67-61(64)55-52-49-46-43-40-37-34-31-29-26-23-20-17-14-11-8-5-2/h7,10,16,18-19,21,24-25,27-28,33,36,42,45,58H,4-6,8-9,11-15,17,20,22-23,26,29-32,34-35,37-41,43-44,46-57H2,1-3H3/b10-7-,19-16-,21-18-,27-24-,28-25-,36-33-,45-42-. The minimum absolute atomic E-state index is 0.0988. The molecular formula is C61H104O6. The van der Waals surface area contributed by atoms with E-state index in [1.807, 2.05) is 0 Å². The first-order chi connectivity index (χ1) is 33.0. The number of unbranched alkanes of at least 4 members (excludes halogenated alkanes) is 26. The first kappa shape index (κ1) is 63.6. The summed E-state index contributed by atoms with van der Waals surface area (Å²) in [5.74, 6) is -0.963. The van der Waals surface area contributed by atoms with E-state index in [2.05, 4.69) is 106 Å². The van der Waals surface area contributed by atoms with E-state index in [1.54, 1.807) is 0 Å². The third kappa shape index (κ3) is 53.4. The van der Waals surface area contributed by atoms with Crippen LogP contribution in [0.1, 0.15) is 265 Å². The second-order valence-electron chi connectivity index (χ2n) is 18.5. The molecule has 0 radical (unpaired) electrons. The number of carbonyl (C=O) groups excluding carboxylic acids is 3. The third-order valence-electron chi connectivity index (χ3n) is 11.9. The van der Waals surface area contributed by atoms with Gasteiger partial charge in [0.2, 0.25) is 0 Å². The second-order valence-corrected chi connectivity index (χ2v) is 18.5. The molecule has 0 heterocycles. The summed E-state index contributed by atoms with van der Waals surface area (Å²) >= 11 is 0. The van der Waals surface area contributed by atoms with Crippen LogP contribution in [0.2, 0.25) is 0 Å². The molecule has 0 N–H and O–H groups in total. The van der Waals surface area contributed by atoms with Crippen molar-refractivity contribution in [1.82, 2.24) is 0 Å². The quantitative estimate of drug-likeness (QED) is 0.0199. The minimum atomic E-state index is -0.803. The van der Waals surface area contributed by atoms with E-state index < -0.39 is 6.10 Å². The molecule has 0 aromatic rings. The molecular weight excluding hydrogens is 829 g/mol. The molecule has 1 atom stereocenters. The van der Waals surface area contributed by atoms with Gasteiger partial charge < -0.3 is 14.2 Å². The van der Waals surface area contributed by atoms with Gasteiger partial charge in [0, 0.05) is 19.3 Å². The number of rotatable bonds is 50. The Balaban J connectivity index is 4.47. The maximum atomic E-state index is 12.8. The average Bonchev–Trinajstić information content (AvgIpc) is 3.33. The van der Waals surface area contributed by atoms with E-state index in [0.717, 1.165) is 83.5 Å². The normalized spacial score (nSPS) is 12.7. The van der Waals surface area contributed by atoms with Gasteiger partial charge in [0.15, 0.2) is 6.10 Å². The van der Waals surface area contributed by atoms with E-state index in [1.165, 1.54) is 135 Å². The van der Waals surface area contributed by atoms with E-state index >= 15 is 0 Å². The van der Waals surface area contributed by atoms with Gasteiger partial charge in [-0.15, -0.1) is 0 Å². The molecule has 0 aromatic carbocycles. The van der Waals surface area contributed by atoms with Gasteiger partial charge in [-0.2, -0.15) is 0 Å². The van der Waals surface area contributed by atoms with Crippen molar-refractivity contribution < 1.29 is 28.6 Å². The first-order valence-corrected chi connectivity index (χ1v) is 28.1. The number of carbonyl (C=O) groups is 3. The first-order valence-electron chi connectivity index (χ1n) is 28.1. The number of hydrogen-bond donors (Lipinski definition) is 0. The summed E-state index contributed by atoms with van der Waals surface area (Å²) in [4.78, 5) is 38.1. The Morgan fingerprint density at radius 1 is 0.328 bits per heavy atom. The smallest absolute Gasteiger partial charge is 0.306 e. The molecule has 0 aliphatic rings. The summed E-state index contributed by atoms with van der Waals surface area (Å²) in [5.41, 5.74) is 0. The Morgan fingerprint density at radius 2 is 0.642 bits per heavy atom. The Bertz CT molecular complexity index is 1300. The molecule has 0 rings (SSSR count). The van der Waals surface area contributed by atoms with Crippen molar-refractivity contribution in [1.29, 1.82) is 0 Å². The van der Waals surface area contributed by atoms with Crippen LogP contribution in [0, 0.1) is 0 Å². The van der Waals surface area contributed by atoms with E-state index in [4.69, 9.17) is 14.2 Å². The fourth-order valence-electron chi connectivity index (χ4n) is 7.70. The van der Waals surface area contributed by atoms with Crippen LogP contribution in [0.3, 0.4) is 0 Å². The molecule has 1 unspecified atom stereocenters. The van der Waals surface area contributed by atoms with Gasteiger partial charge in [0.05, 0.1) is 0 Å². The van der Waals surface area contributed by atoms with Crippen LogP contribution in [0.25, 0.3) is 0 Å². The topological polar surface area (TPSA) is 78.9 Å². The molecule has 0 saturated carbocycles. The monoisotopic (exact) mass is 933 g/mol. The number of hydrogen-bond acceptors (Lipinski definition) is 6. The Labute approximate surface area is 414 Å². The lowest BCUT2D eigenvalue weighted by molar-refractivity contribution is -0.167. The molecule has 0 aliphatic carbocycles. The van der Waals surface area contributed by atoms with Gasteiger partial charge >= 0.3 is 17.9 Å². The van der Waals surface area contributed by atoms with E-state index in [0.29, 0.717) is 19.3 Å². The van der Waals surface area contributed by atoms with Crippen LogP contribution < -0.4 is 0 Å². The molecule has 0 aliphatic heterocycles. The third-order valence-corrected chi connectivity index (χ3v) is 11.9. The molecule has 0 bridgehead atoms. The van der Waals surface area contributed by atoms with Crippen LogP contribution in [0.4, 0.5) is 0 Å². The summed E-state index contributed by atoms with van der Waals surface area (Å²) < 4.78 is 16.8. The molecule has 384 valence electrons. The largest absolute Gasteiger partial charge is 0.462 e. The number of esters is 3.